The molecule has 6 N–H and O–H groups in total. The number of rotatable bonds is 4. The summed E-state index contributed by atoms with van der Waals surface area (Å²) in [5.41, 5.74) is 13.2. The van der Waals surface area contributed by atoms with E-state index in [1.807, 2.05) is 6.07 Å². The number of aliphatic hydroxyl groups excluding tert-OH is 1. The van der Waals surface area contributed by atoms with E-state index in [9.17, 15) is 5.11 Å². The number of ether oxygens (including phenoxy) is 2. The molecule has 4 aliphatic rings. The molecule has 38 heavy (non-hydrogen) atoms. The van der Waals surface area contributed by atoms with Gasteiger partial charge in [0, 0.05) is 31.1 Å². The van der Waals surface area contributed by atoms with Gasteiger partial charge in [0.25, 0.3) is 6.47 Å². The first-order chi connectivity index (χ1) is 18.4. The topological polar surface area (TPSA) is 173 Å². The molecule has 3 fully saturated rings. The second-order valence-corrected chi connectivity index (χ2v) is 11.3. The molecule has 3 atom stereocenters. The predicted octanol–water partition coefficient (Wildman–Crippen LogP) is 1.49. The van der Waals surface area contributed by atoms with E-state index < -0.39 is 0 Å². The number of carboxylic acid groups (broad SMARTS) is 1. The lowest BCUT2D eigenvalue weighted by atomic mass is 9.73. The van der Waals surface area contributed by atoms with Gasteiger partial charge in [-0.25, -0.2) is 15.0 Å². The molecule has 206 valence electrons. The molecule has 0 aromatic carbocycles. The van der Waals surface area contributed by atoms with Crippen molar-refractivity contribution in [2.75, 3.05) is 48.4 Å². The van der Waals surface area contributed by atoms with E-state index in [0.717, 1.165) is 74.2 Å². The number of hydrogen-bond acceptors (Lipinski definition) is 12. The number of fused-ring (bicyclic) bond motifs is 3. The maximum atomic E-state index is 10.1. The largest absolute Gasteiger partial charge is 0.486 e. The third-order valence-electron chi connectivity index (χ3n) is 8.08. The number of nitrogen functional groups attached to an aromatic ring is 1. The van der Waals surface area contributed by atoms with Gasteiger partial charge in [-0.2, -0.15) is 0 Å². The molecule has 0 radical (unpaired) electrons. The third kappa shape index (κ3) is 4.95. The lowest BCUT2D eigenvalue weighted by molar-refractivity contribution is -0.122. The first-order valence-electron chi connectivity index (χ1n) is 12.9. The number of nitrogens with two attached hydrogens (primary N) is 2. The molecule has 6 heterocycles. The third-order valence-corrected chi connectivity index (χ3v) is 9.01. The smallest absolute Gasteiger partial charge is 0.290 e. The monoisotopic (exact) mass is 545 g/mol. The Labute approximate surface area is 225 Å². The molecule has 0 bridgehead atoms. The van der Waals surface area contributed by atoms with Gasteiger partial charge in [0.05, 0.1) is 36.5 Å². The number of nitrogens with zero attached hydrogens (tertiary/aromatic N) is 5. The molecule has 0 unspecified atom stereocenters. The Morgan fingerprint density at radius 3 is 2.71 bits per heavy atom. The molecule has 2 aromatic rings. The molecular weight excluding hydrogens is 510 g/mol. The van der Waals surface area contributed by atoms with Crippen molar-refractivity contribution < 1.29 is 24.5 Å². The quantitative estimate of drug-likeness (QED) is 0.407. The maximum Gasteiger partial charge on any atom is 0.290 e. The fourth-order valence-electron chi connectivity index (χ4n) is 5.96. The van der Waals surface area contributed by atoms with Crippen LogP contribution in [-0.4, -0.2) is 82.7 Å². The second kappa shape index (κ2) is 11.1. The van der Waals surface area contributed by atoms with Crippen molar-refractivity contribution in [2.24, 2.45) is 11.1 Å². The summed E-state index contributed by atoms with van der Waals surface area (Å²) in [7, 11) is 0. The zero-order chi connectivity index (χ0) is 26.9. The van der Waals surface area contributed by atoms with Crippen molar-refractivity contribution in [1.82, 2.24) is 15.0 Å². The van der Waals surface area contributed by atoms with Crippen molar-refractivity contribution in [3.63, 3.8) is 0 Å². The van der Waals surface area contributed by atoms with Gasteiger partial charge in [-0.15, -0.1) is 0 Å². The summed E-state index contributed by atoms with van der Waals surface area (Å²) in [6.45, 7) is 5.60. The molecule has 0 aliphatic carbocycles. The van der Waals surface area contributed by atoms with Crippen LogP contribution in [0.5, 0.6) is 5.75 Å². The Balaban J connectivity index is 0.000000937. The highest BCUT2D eigenvalue weighted by atomic mass is 32.2. The summed E-state index contributed by atoms with van der Waals surface area (Å²) < 4.78 is 12.0. The Bertz CT molecular complexity index is 1160. The van der Waals surface area contributed by atoms with Crippen LogP contribution in [0.3, 0.4) is 0 Å². The van der Waals surface area contributed by atoms with Crippen LogP contribution < -0.4 is 26.0 Å². The number of piperidine rings is 1. The van der Waals surface area contributed by atoms with Crippen LogP contribution in [0.25, 0.3) is 0 Å². The molecule has 3 saturated heterocycles. The predicted molar refractivity (Wildman–Crippen MR) is 143 cm³/mol. The fraction of sp³-hybridized carbons (Fsp3) is 0.600. The number of hydrogen-bond donors (Lipinski definition) is 4. The lowest BCUT2D eigenvalue weighted by Crippen LogP contribution is -2.51. The lowest BCUT2D eigenvalue weighted by Gasteiger charge is -2.41. The molecule has 0 saturated carbocycles. The van der Waals surface area contributed by atoms with E-state index in [4.69, 9.17) is 40.8 Å². The standard InChI is InChI=1S/C24H33N7O3S.CH2O2/c1-14-21(26)24(13-34-14)4-7-30(8-5-24)22-16(11-32)28-19(10-27-22)35-17-9-18(25)29-23-20(17)33-12-15-3-2-6-31(15)23;2-1-3/h9-10,14-15,21,32H,2-8,11-13,26H2,1H3,(H2,25,29);1H,(H,2,3)/t14-,15-,21+;/m0./s1. The molecule has 13 heteroatoms. The van der Waals surface area contributed by atoms with E-state index in [1.165, 1.54) is 11.8 Å². The SMILES string of the molecule is C[C@@H]1OCC2(CCN(c3ncc(Sc4cc(N)nc5c4OC[C@@H]4CCCN54)nc3CO)CC2)[C@@H]1N.O=CO. The molecule has 1 spiro atoms. The summed E-state index contributed by atoms with van der Waals surface area (Å²) in [6.07, 6.45) is 5.99. The Morgan fingerprint density at radius 1 is 1.26 bits per heavy atom. The van der Waals surface area contributed by atoms with Crippen molar-refractivity contribution in [2.45, 2.75) is 67.3 Å². The summed E-state index contributed by atoms with van der Waals surface area (Å²) in [5.74, 6) is 2.77. The fourth-order valence-corrected chi connectivity index (χ4v) is 6.87. The van der Waals surface area contributed by atoms with Crippen molar-refractivity contribution in [1.29, 1.82) is 0 Å². The average molecular weight is 546 g/mol. The first kappa shape index (κ1) is 26.7. The molecule has 6 rings (SSSR count). The van der Waals surface area contributed by atoms with E-state index >= 15 is 0 Å². The molecule has 4 aliphatic heterocycles. The summed E-state index contributed by atoms with van der Waals surface area (Å²) in [4.78, 5) is 27.8. The Hall–Kier alpha value is -2.87. The average Bonchev–Trinajstić information content (AvgIpc) is 3.51. The maximum absolute atomic E-state index is 10.1. The van der Waals surface area contributed by atoms with Gasteiger partial charge in [0.2, 0.25) is 0 Å². The van der Waals surface area contributed by atoms with Gasteiger partial charge in [-0.1, -0.05) is 11.8 Å². The van der Waals surface area contributed by atoms with Crippen molar-refractivity contribution in [3.8, 4) is 5.75 Å². The molecule has 0 amide bonds. The van der Waals surface area contributed by atoms with Crippen LogP contribution in [0.4, 0.5) is 17.5 Å². The van der Waals surface area contributed by atoms with Gasteiger partial charge in [0.15, 0.2) is 17.4 Å². The first-order valence-corrected chi connectivity index (χ1v) is 13.8. The van der Waals surface area contributed by atoms with Gasteiger partial charge >= 0.3 is 0 Å². The van der Waals surface area contributed by atoms with Crippen LogP contribution in [-0.2, 0) is 16.1 Å². The van der Waals surface area contributed by atoms with Crippen LogP contribution in [0.2, 0.25) is 0 Å². The van der Waals surface area contributed by atoms with E-state index in [0.29, 0.717) is 29.2 Å². The highest BCUT2D eigenvalue weighted by Gasteiger charge is 2.47. The van der Waals surface area contributed by atoms with Crippen LogP contribution in [0, 0.1) is 5.41 Å². The number of pyridine rings is 1. The molecule has 12 nitrogen and oxygen atoms in total. The van der Waals surface area contributed by atoms with Crippen LogP contribution in [0.15, 0.2) is 22.2 Å². The van der Waals surface area contributed by atoms with Crippen LogP contribution >= 0.6 is 11.8 Å². The van der Waals surface area contributed by atoms with Crippen LogP contribution in [0.1, 0.15) is 38.3 Å². The second-order valence-electron chi connectivity index (χ2n) is 10.2. The summed E-state index contributed by atoms with van der Waals surface area (Å²) in [6, 6.07) is 2.25. The minimum Gasteiger partial charge on any atom is -0.486 e. The highest BCUT2D eigenvalue weighted by Crippen LogP contribution is 2.46. The minimum absolute atomic E-state index is 0.0350. The Kier molecular flexibility index (Phi) is 7.80. The van der Waals surface area contributed by atoms with Crippen molar-refractivity contribution >= 4 is 35.7 Å². The summed E-state index contributed by atoms with van der Waals surface area (Å²) >= 11 is 1.44. The van der Waals surface area contributed by atoms with E-state index in [1.54, 1.807) is 6.20 Å². The Morgan fingerprint density at radius 2 is 2.03 bits per heavy atom. The van der Waals surface area contributed by atoms with Gasteiger partial charge in [-0.05, 0) is 38.7 Å². The van der Waals surface area contributed by atoms with Gasteiger partial charge in [0.1, 0.15) is 23.1 Å². The number of anilines is 3. The van der Waals surface area contributed by atoms with E-state index in [2.05, 4.69) is 21.7 Å². The normalized spacial score (nSPS) is 25.3. The van der Waals surface area contributed by atoms with Gasteiger partial charge in [-0.3, -0.25) is 4.79 Å². The number of aromatic nitrogens is 3. The molecule has 2 aromatic heterocycles. The summed E-state index contributed by atoms with van der Waals surface area (Å²) in [5, 5.41) is 17.7. The number of carbonyl (C=O) groups is 1. The minimum atomic E-state index is -0.250. The number of aliphatic hydroxyl groups is 1. The zero-order valence-corrected chi connectivity index (χ0v) is 22.3. The zero-order valence-electron chi connectivity index (χ0n) is 21.5. The van der Waals surface area contributed by atoms with Gasteiger partial charge < -0.3 is 41.0 Å². The highest BCUT2D eigenvalue weighted by molar-refractivity contribution is 7.99. The van der Waals surface area contributed by atoms with E-state index in [-0.39, 0.29) is 30.6 Å². The molecular formula is C25H35N7O5S. The van der Waals surface area contributed by atoms with Crippen molar-refractivity contribution in [3.05, 3.63) is 18.0 Å².